The van der Waals surface area contributed by atoms with E-state index in [1.807, 2.05) is 0 Å². The van der Waals surface area contributed by atoms with E-state index in [1.165, 1.54) is 0 Å². The Labute approximate surface area is 135 Å². The van der Waals surface area contributed by atoms with Gasteiger partial charge < -0.3 is 5.32 Å². The molecule has 1 heterocycles. The number of hydrogen-bond acceptors (Lipinski definition) is 4. The number of nitrogens with zero attached hydrogens (tertiary/aromatic N) is 1. The van der Waals surface area contributed by atoms with E-state index >= 15 is 0 Å². The highest BCUT2D eigenvalue weighted by atomic mass is 79.9. The van der Waals surface area contributed by atoms with Gasteiger partial charge >= 0.3 is 0 Å². The Bertz CT molecular complexity index is 522. The van der Waals surface area contributed by atoms with Gasteiger partial charge in [-0.25, -0.2) is 8.42 Å². The number of rotatable bonds is 4. The van der Waals surface area contributed by atoms with Crippen molar-refractivity contribution in [3.8, 4) is 0 Å². The highest BCUT2D eigenvalue weighted by Crippen LogP contribution is 2.16. The normalized spacial score (nSPS) is 20.4. The maximum Gasteiger partial charge on any atom is 0.179 e. The largest absolute Gasteiger partial charge is 0.314 e. The number of sulfone groups is 1. The maximum atomic E-state index is 12.2. The van der Waals surface area contributed by atoms with Gasteiger partial charge in [-0.05, 0) is 31.2 Å². The van der Waals surface area contributed by atoms with Gasteiger partial charge in [-0.15, -0.1) is 12.4 Å². The molecule has 0 radical (unpaired) electrons. The molecule has 1 atom stereocenters. The summed E-state index contributed by atoms with van der Waals surface area (Å²) in [6.45, 7) is 5.50. The molecule has 0 unspecified atom stereocenters. The average Bonchev–Trinajstić information content (AvgIpc) is 2.38. The molecule has 1 saturated heterocycles. The van der Waals surface area contributed by atoms with Gasteiger partial charge in [-0.3, -0.25) is 4.90 Å². The Morgan fingerprint density at radius 3 is 2.60 bits per heavy atom. The third-order valence-electron chi connectivity index (χ3n) is 3.46. The summed E-state index contributed by atoms with van der Waals surface area (Å²) in [5, 5.41) is 3.30. The molecule has 0 bridgehead atoms. The van der Waals surface area contributed by atoms with Crippen molar-refractivity contribution in [3.05, 3.63) is 28.7 Å². The van der Waals surface area contributed by atoms with Crippen molar-refractivity contribution in [2.75, 3.05) is 31.9 Å². The Morgan fingerprint density at radius 2 is 2.00 bits per heavy atom. The summed E-state index contributed by atoms with van der Waals surface area (Å²) >= 11 is 3.31. The number of piperazine rings is 1. The Morgan fingerprint density at radius 1 is 1.35 bits per heavy atom. The zero-order valence-corrected chi connectivity index (χ0v) is 14.6. The van der Waals surface area contributed by atoms with Crippen LogP contribution in [-0.2, 0) is 9.84 Å². The highest BCUT2D eigenvalue weighted by Gasteiger charge is 2.21. The van der Waals surface area contributed by atoms with Crippen LogP contribution in [-0.4, -0.2) is 51.3 Å². The molecule has 0 saturated carbocycles. The standard InChI is InChI=1S/C13H19BrN2O2S.ClH/c1-11-10-15-6-7-16(11)8-9-19(17,18)13-4-2-12(14)3-5-13;/h2-5,11,15H,6-10H2,1H3;1H/t11-;/m0./s1. The predicted molar refractivity (Wildman–Crippen MR) is 87.3 cm³/mol. The van der Waals surface area contributed by atoms with Crippen molar-refractivity contribution in [3.63, 3.8) is 0 Å². The number of benzene rings is 1. The van der Waals surface area contributed by atoms with Gasteiger partial charge in [0.15, 0.2) is 9.84 Å². The summed E-state index contributed by atoms with van der Waals surface area (Å²) < 4.78 is 25.4. The molecule has 0 spiro atoms. The predicted octanol–water partition coefficient (Wildman–Crippen LogP) is 1.94. The summed E-state index contributed by atoms with van der Waals surface area (Å²) in [4.78, 5) is 2.63. The van der Waals surface area contributed by atoms with Crippen molar-refractivity contribution < 1.29 is 8.42 Å². The first-order chi connectivity index (χ1) is 8.99. The third-order valence-corrected chi connectivity index (χ3v) is 5.70. The molecular weight excluding hydrogens is 364 g/mol. The van der Waals surface area contributed by atoms with Crippen LogP contribution in [0.3, 0.4) is 0 Å². The minimum Gasteiger partial charge on any atom is -0.314 e. The van der Waals surface area contributed by atoms with Gasteiger partial charge in [-0.1, -0.05) is 15.9 Å². The van der Waals surface area contributed by atoms with E-state index in [0.29, 0.717) is 17.5 Å². The van der Waals surface area contributed by atoms with Gasteiger partial charge in [-0.2, -0.15) is 0 Å². The molecule has 0 aromatic heterocycles. The van der Waals surface area contributed by atoms with E-state index in [2.05, 4.69) is 33.1 Å². The lowest BCUT2D eigenvalue weighted by Gasteiger charge is -2.33. The first-order valence-corrected chi connectivity index (χ1v) is 8.87. The molecule has 1 aliphatic rings. The zero-order chi connectivity index (χ0) is 13.9. The molecule has 20 heavy (non-hydrogen) atoms. The third kappa shape index (κ3) is 4.70. The van der Waals surface area contributed by atoms with Gasteiger partial charge in [0, 0.05) is 36.7 Å². The SMILES string of the molecule is C[C@H]1CNCCN1CCS(=O)(=O)c1ccc(Br)cc1.Cl. The highest BCUT2D eigenvalue weighted by molar-refractivity contribution is 9.10. The van der Waals surface area contributed by atoms with Crippen LogP contribution in [0, 0.1) is 0 Å². The lowest BCUT2D eigenvalue weighted by Crippen LogP contribution is -2.50. The van der Waals surface area contributed by atoms with Crippen molar-refractivity contribution >= 4 is 38.2 Å². The summed E-state index contributed by atoms with van der Waals surface area (Å²) in [7, 11) is -3.18. The van der Waals surface area contributed by atoms with Crippen molar-refractivity contribution in [2.45, 2.75) is 17.9 Å². The van der Waals surface area contributed by atoms with Crippen LogP contribution in [0.15, 0.2) is 33.6 Å². The second kappa shape index (κ2) is 7.75. The molecule has 7 heteroatoms. The zero-order valence-electron chi connectivity index (χ0n) is 11.4. The molecule has 2 rings (SSSR count). The van der Waals surface area contributed by atoms with Gasteiger partial charge in [0.25, 0.3) is 0 Å². The second-order valence-corrected chi connectivity index (χ2v) is 7.89. The molecular formula is C13H20BrClN2O2S. The van der Waals surface area contributed by atoms with Crippen molar-refractivity contribution in [1.82, 2.24) is 10.2 Å². The topological polar surface area (TPSA) is 49.4 Å². The molecule has 1 N–H and O–H groups in total. The van der Waals surface area contributed by atoms with Crippen LogP contribution in [0.4, 0.5) is 0 Å². The summed E-state index contributed by atoms with van der Waals surface area (Å²) in [5.41, 5.74) is 0. The minimum absolute atomic E-state index is 0. The quantitative estimate of drug-likeness (QED) is 0.863. The van der Waals surface area contributed by atoms with Gasteiger partial charge in [0.05, 0.1) is 10.6 Å². The summed E-state index contributed by atoms with van der Waals surface area (Å²) in [5.74, 6) is 0.180. The van der Waals surface area contributed by atoms with Crippen molar-refractivity contribution in [2.24, 2.45) is 0 Å². The van der Waals surface area contributed by atoms with E-state index in [9.17, 15) is 8.42 Å². The fourth-order valence-corrected chi connectivity index (χ4v) is 3.74. The number of halogens is 2. The average molecular weight is 384 g/mol. The van der Waals surface area contributed by atoms with Crippen LogP contribution in [0.2, 0.25) is 0 Å². The first kappa shape index (κ1) is 17.9. The van der Waals surface area contributed by atoms with E-state index in [4.69, 9.17) is 0 Å². The number of hydrogen-bond donors (Lipinski definition) is 1. The number of nitrogens with one attached hydrogen (secondary N) is 1. The van der Waals surface area contributed by atoms with Crippen molar-refractivity contribution in [1.29, 1.82) is 0 Å². The molecule has 1 aromatic rings. The maximum absolute atomic E-state index is 12.2. The fraction of sp³-hybridized carbons (Fsp3) is 0.538. The Kier molecular flexibility index (Phi) is 6.94. The molecule has 0 aliphatic carbocycles. The van der Waals surface area contributed by atoms with Crippen LogP contribution in [0.25, 0.3) is 0 Å². The lowest BCUT2D eigenvalue weighted by atomic mass is 10.2. The summed E-state index contributed by atoms with van der Waals surface area (Å²) in [6, 6.07) is 7.23. The molecule has 1 fully saturated rings. The van der Waals surface area contributed by atoms with Gasteiger partial charge in [0.1, 0.15) is 0 Å². The van der Waals surface area contributed by atoms with Crippen LogP contribution in [0.5, 0.6) is 0 Å². The minimum atomic E-state index is -3.18. The van der Waals surface area contributed by atoms with E-state index < -0.39 is 9.84 Å². The molecule has 4 nitrogen and oxygen atoms in total. The van der Waals surface area contributed by atoms with Crippen LogP contribution < -0.4 is 5.32 Å². The molecule has 0 amide bonds. The van der Waals surface area contributed by atoms with E-state index in [-0.39, 0.29) is 18.2 Å². The Hall–Kier alpha value is -0.140. The van der Waals surface area contributed by atoms with Gasteiger partial charge in [0.2, 0.25) is 0 Å². The molecule has 1 aliphatic heterocycles. The first-order valence-electron chi connectivity index (χ1n) is 6.42. The van der Waals surface area contributed by atoms with Crippen LogP contribution in [0.1, 0.15) is 6.92 Å². The smallest absolute Gasteiger partial charge is 0.179 e. The van der Waals surface area contributed by atoms with E-state index in [0.717, 1.165) is 24.1 Å². The van der Waals surface area contributed by atoms with Crippen LogP contribution >= 0.6 is 28.3 Å². The van der Waals surface area contributed by atoms with E-state index in [1.54, 1.807) is 24.3 Å². The fourth-order valence-electron chi connectivity index (χ4n) is 2.21. The summed E-state index contributed by atoms with van der Waals surface area (Å²) in [6.07, 6.45) is 0. The Balaban J connectivity index is 0.00000200. The molecule has 114 valence electrons. The monoisotopic (exact) mass is 382 g/mol. The lowest BCUT2D eigenvalue weighted by molar-refractivity contribution is 0.184. The second-order valence-electron chi connectivity index (χ2n) is 4.86. The molecule has 1 aromatic carbocycles.